The number of allylic oxidation sites excluding steroid dienone is 2. The van der Waals surface area contributed by atoms with Crippen LogP contribution in [-0.2, 0) is 6.54 Å². The molecule has 0 bridgehead atoms. The van der Waals surface area contributed by atoms with E-state index in [0.717, 1.165) is 21.8 Å². The molecule has 2 heterocycles. The molecule has 0 atom stereocenters. The summed E-state index contributed by atoms with van der Waals surface area (Å²) < 4.78 is 18.7. The minimum absolute atomic E-state index is 0.170. The number of methoxy groups -OCH3 is 1. The van der Waals surface area contributed by atoms with E-state index < -0.39 is 5.82 Å². The number of anilines is 2. The van der Waals surface area contributed by atoms with Crippen LogP contribution in [-0.4, -0.2) is 25.1 Å². The topological polar surface area (TPSA) is 79.6 Å². The molecule has 138 valence electrons. The standard InChI is InChI=1S/C18H21FN4O2S/c1-9-10(2)23(3)22-18-14(9)15(20)16(26-18)17(24)21-8-11-5-6-13(25-4)12(19)7-11/h5-7,22H,8,20H2,1-4H3,(H,21,24). The van der Waals surface area contributed by atoms with Crippen molar-refractivity contribution in [2.75, 3.05) is 25.3 Å². The molecule has 0 saturated heterocycles. The first-order chi connectivity index (χ1) is 12.3. The van der Waals surface area contributed by atoms with Crippen LogP contribution in [0.15, 0.2) is 23.9 Å². The first-order valence-electron chi connectivity index (χ1n) is 8.04. The van der Waals surface area contributed by atoms with Crippen LogP contribution in [0.2, 0.25) is 0 Å². The average Bonchev–Trinajstić information content (AvgIpc) is 2.94. The molecule has 4 N–H and O–H groups in total. The normalized spacial score (nSPS) is 13.3. The number of halogens is 1. The van der Waals surface area contributed by atoms with Crippen LogP contribution in [0.3, 0.4) is 0 Å². The number of thiophene rings is 1. The van der Waals surface area contributed by atoms with Gasteiger partial charge in [-0.15, -0.1) is 11.3 Å². The number of hydrazine groups is 1. The largest absolute Gasteiger partial charge is 0.494 e. The van der Waals surface area contributed by atoms with Crippen LogP contribution in [0.5, 0.6) is 5.75 Å². The van der Waals surface area contributed by atoms with E-state index in [-0.39, 0.29) is 18.2 Å². The molecule has 26 heavy (non-hydrogen) atoms. The average molecular weight is 376 g/mol. The highest BCUT2D eigenvalue weighted by molar-refractivity contribution is 7.19. The van der Waals surface area contributed by atoms with Crippen molar-refractivity contribution in [2.45, 2.75) is 20.4 Å². The number of carbonyl (C=O) groups is 1. The van der Waals surface area contributed by atoms with Crippen molar-refractivity contribution in [1.82, 2.24) is 10.3 Å². The molecule has 1 aliphatic rings. The fourth-order valence-electron chi connectivity index (χ4n) is 2.81. The molecule has 1 aliphatic heterocycles. The Bertz CT molecular complexity index is 907. The molecule has 8 heteroatoms. The van der Waals surface area contributed by atoms with Gasteiger partial charge in [-0.1, -0.05) is 6.07 Å². The van der Waals surface area contributed by atoms with Crippen LogP contribution in [0.1, 0.15) is 34.6 Å². The number of hydrogen-bond donors (Lipinski definition) is 3. The monoisotopic (exact) mass is 376 g/mol. The number of amides is 1. The fraction of sp³-hybridized carbons (Fsp3) is 0.278. The number of hydrogen-bond acceptors (Lipinski definition) is 6. The van der Waals surface area contributed by atoms with Gasteiger partial charge in [-0.05, 0) is 37.1 Å². The van der Waals surface area contributed by atoms with E-state index in [1.165, 1.54) is 30.6 Å². The number of fused-ring (bicyclic) bond motifs is 1. The lowest BCUT2D eigenvalue weighted by molar-refractivity contribution is 0.0955. The van der Waals surface area contributed by atoms with Crippen molar-refractivity contribution in [3.05, 3.63) is 45.7 Å². The number of nitrogens with one attached hydrogen (secondary N) is 2. The van der Waals surface area contributed by atoms with E-state index in [4.69, 9.17) is 10.5 Å². The lowest BCUT2D eigenvalue weighted by Gasteiger charge is -2.28. The molecule has 0 spiro atoms. The fourth-order valence-corrected chi connectivity index (χ4v) is 3.94. The first-order valence-corrected chi connectivity index (χ1v) is 8.86. The van der Waals surface area contributed by atoms with E-state index in [1.54, 1.807) is 6.07 Å². The molecule has 0 fully saturated rings. The van der Waals surface area contributed by atoms with E-state index in [0.29, 0.717) is 16.1 Å². The third-order valence-electron chi connectivity index (χ3n) is 4.51. The Morgan fingerprint density at radius 1 is 1.42 bits per heavy atom. The first kappa shape index (κ1) is 18.1. The van der Waals surface area contributed by atoms with E-state index in [9.17, 15) is 9.18 Å². The SMILES string of the molecule is COc1ccc(CNC(=O)c2sc3c(c2N)C(C)=C(C)N(C)N3)cc1F. The number of carbonyl (C=O) groups excluding carboxylic acids is 1. The maximum Gasteiger partial charge on any atom is 0.263 e. The highest BCUT2D eigenvalue weighted by Gasteiger charge is 2.26. The summed E-state index contributed by atoms with van der Waals surface area (Å²) in [7, 11) is 3.32. The summed E-state index contributed by atoms with van der Waals surface area (Å²) in [6.07, 6.45) is 0. The molecule has 0 unspecified atom stereocenters. The van der Waals surface area contributed by atoms with E-state index in [1.807, 2.05) is 25.9 Å². The minimum atomic E-state index is -0.464. The van der Waals surface area contributed by atoms with Gasteiger partial charge < -0.3 is 15.8 Å². The number of nitrogen functional groups attached to an aromatic ring is 1. The zero-order valence-electron chi connectivity index (χ0n) is 15.1. The van der Waals surface area contributed by atoms with Gasteiger partial charge in [-0.3, -0.25) is 15.2 Å². The van der Waals surface area contributed by atoms with Crippen LogP contribution >= 0.6 is 11.3 Å². The van der Waals surface area contributed by atoms with Gasteiger partial charge in [-0.25, -0.2) is 4.39 Å². The Morgan fingerprint density at radius 3 is 2.81 bits per heavy atom. The summed E-state index contributed by atoms with van der Waals surface area (Å²) in [6.45, 7) is 4.17. The predicted molar refractivity (Wildman–Crippen MR) is 103 cm³/mol. The summed E-state index contributed by atoms with van der Waals surface area (Å²) in [5.74, 6) is -0.579. The smallest absolute Gasteiger partial charge is 0.263 e. The second-order valence-corrected chi connectivity index (χ2v) is 7.10. The van der Waals surface area contributed by atoms with Crippen molar-refractivity contribution in [3.8, 4) is 5.75 Å². The Labute approximate surface area is 155 Å². The molecular formula is C18H21FN4O2S. The predicted octanol–water partition coefficient (Wildman–Crippen LogP) is 3.43. The van der Waals surface area contributed by atoms with Gasteiger partial charge in [0.2, 0.25) is 0 Å². The minimum Gasteiger partial charge on any atom is -0.494 e. The summed E-state index contributed by atoms with van der Waals surface area (Å²) >= 11 is 1.31. The van der Waals surface area contributed by atoms with Crippen LogP contribution < -0.4 is 21.2 Å². The number of benzene rings is 1. The summed E-state index contributed by atoms with van der Waals surface area (Å²) in [4.78, 5) is 13.0. The van der Waals surface area contributed by atoms with Crippen molar-refractivity contribution >= 4 is 33.5 Å². The van der Waals surface area contributed by atoms with Gasteiger partial charge in [0.25, 0.3) is 5.91 Å². The maximum atomic E-state index is 13.8. The number of nitrogens with two attached hydrogens (primary N) is 1. The Morgan fingerprint density at radius 2 is 2.15 bits per heavy atom. The maximum absolute atomic E-state index is 13.8. The van der Waals surface area contributed by atoms with Gasteiger partial charge in [0.15, 0.2) is 11.6 Å². The molecule has 1 aromatic heterocycles. The van der Waals surface area contributed by atoms with Crippen molar-refractivity contribution in [2.24, 2.45) is 0 Å². The Hall–Kier alpha value is -2.74. The molecule has 0 saturated carbocycles. The van der Waals surface area contributed by atoms with E-state index in [2.05, 4.69) is 10.7 Å². The highest BCUT2D eigenvalue weighted by atomic mass is 32.1. The van der Waals surface area contributed by atoms with Crippen molar-refractivity contribution in [3.63, 3.8) is 0 Å². The van der Waals surface area contributed by atoms with Crippen molar-refractivity contribution in [1.29, 1.82) is 0 Å². The van der Waals surface area contributed by atoms with Crippen LogP contribution in [0.4, 0.5) is 15.1 Å². The zero-order chi connectivity index (χ0) is 19.0. The van der Waals surface area contributed by atoms with Gasteiger partial charge in [0.05, 0.1) is 12.8 Å². The second kappa shape index (κ2) is 6.87. The summed E-state index contributed by atoms with van der Waals surface area (Å²) in [5, 5.41) is 5.53. The summed E-state index contributed by atoms with van der Waals surface area (Å²) in [6, 6.07) is 4.58. The molecule has 6 nitrogen and oxygen atoms in total. The lowest BCUT2D eigenvalue weighted by atomic mass is 10.0. The van der Waals surface area contributed by atoms with Gasteiger partial charge in [-0.2, -0.15) is 0 Å². The molecule has 0 radical (unpaired) electrons. The van der Waals surface area contributed by atoms with Crippen LogP contribution in [0, 0.1) is 5.82 Å². The molecule has 3 rings (SSSR count). The molecular weight excluding hydrogens is 355 g/mol. The van der Waals surface area contributed by atoms with Gasteiger partial charge >= 0.3 is 0 Å². The highest BCUT2D eigenvalue weighted by Crippen LogP contribution is 2.44. The number of rotatable bonds is 4. The van der Waals surface area contributed by atoms with Gasteiger partial charge in [0, 0.05) is 24.9 Å². The van der Waals surface area contributed by atoms with E-state index >= 15 is 0 Å². The second-order valence-electron chi connectivity index (χ2n) is 6.08. The lowest BCUT2D eigenvalue weighted by Crippen LogP contribution is -2.27. The summed E-state index contributed by atoms with van der Waals surface area (Å²) in [5.41, 5.74) is 13.5. The molecule has 1 aromatic carbocycles. The van der Waals surface area contributed by atoms with Gasteiger partial charge in [0.1, 0.15) is 9.88 Å². The third-order valence-corrected chi connectivity index (χ3v) is 5.62. The Kier molecular flexibility index (Phi) is 4.78. The number of ether oxygens (including phenoxy) is 1. The molecule has 2 aromatic rings. The molecule has 1 amide bonds. The quantitative estimate of drug-likeness (QED) is 0.762. The molecule has 0 aliphatic carbocycles. The zero-order valence-corrected chi connectivity index (χ0v) is 15.9. The number of nitrogens with zero attached hydrogens (tertiary/aromatic N) is 1. The van der Waals surface area contributed by atoms with Crippen molar-refractivity contribution < 1.29 is 13.9 Å². The third kappa shape index (κ3) is 3.08. The van der Waals surface area contributed by atoms with Crippen LogP contribution in [0.25, 0.3) is 5.57 Å². The Balaban J connectivity index is 1.79.